The van der Waals surface area contributed by atoms with Crippen LogP contribution in [0.15, 0.2) is 47.1 Å². The molecule has 7 heteroatoms. The number of nitrogens with zero attached hydrogens (tertiary/aromatic N) is 1. The Morgan fingerprint density at radius 1 is 1.30 bits per heavy atom. The standard InChI is InChI=1S/C16H16FNO4S/c17-13-4-1-3-12(9-13)16(19)18(10-15-5-2-7-22-15)14-6-8-23(20,21)11-14/h1-5,7,9,14H,6,8,10-11H2. The molecule has 1 amide bonds. The van der Waals surface area contributed by atoms with Crippen LogP contribution in [0, 0.1) is 5.82 Å². The number of rotatable bonds is 4. The predicted octanol–water partition coefficient (Wildman–Crippen LogP) is 2.25. The van der Waals surface area contributed by atoms with E-state index < -0.39 is 27.6 Å². The van der Waals surface area contributed by atoms with E-state index in [0.29, 0.717) is 12.2 Å². The highest BCUT2D eigenvalue weighted by molar-refractivity contribution is 7.91. The van der Waals surface area contributed by atoms with Gasteiger partial charge in [-0.2, -0.15) is 0 Å². The Morgan fingerprint density at radius 2 is 2.13 bits per heavy atom. The van der Waals surface area contributed by atoms with Crippen molar-refractivity contribution in [1.82, 2.24) is 4.90 Å². The molecule has 1 aliphatic heterocycles. The first-order valence-electron chi connectivity index (χ1n) is 7.24. The monoisotopic (exact) mass is 337 g/mol. The average molecular weight is 337 g/mol. The molecule has 3 rings (SSSR count). The van der Waals surface area contributed by atoms with E-state index in [1.165, 1.54) is 29.4 Å². The maximum atomic E-state index is 13.4. The molecular weight excluding hydrogens is 321 g/mol. The molecule has 1 atom stereocenters. The summed E-state index contributed by atoms with van der Waals surface area (Å²) in [7, 11) is -3.14. The Hall–Kier alpha value is -2.15. The average Bonchev–Trinajstić information content (AvgIpc) is 3.13. The number of halogens is 1. The zero-order valence-corrected chi connectivity index (χ0v) is 13.1. The van der Waals surface area contributed by atoms with Crippen LogP contribution in [-0.2, 0) is 16.4 Å². The third-order valence-corrected chi connectivity index (χ3v) is 5.64. The van der Waals surface area contributed by atoms with Crippen LogP contribution in [0.2, 0.25) is 0 Å². The van der Waals surface area contributed by atoms with Gasteiger partial charge < -0.3 is 9.32 Å². The van der Waals surface area contributed by atoms with Crippen LogP contribution in [-0.4, -0.2) is 36.8 Å². The number of carbonyl (C=O) groups is 1. The van der Waals surface area contributed by atoms with Crippen LogP contribution in [0.1, 0.15) is 22.5 Å². The third kappa shape index (κ3) is 3.61. The summed E-state index contributed by atoms with van der Waals surface area (Å²) >= 11 is 0. The van der Waals surface area contributed by atoms with Gasteiger partial charge in [-0.15, -0.1) is 0 Å². The van der Waals surface area contributed by atoms with E-state index in [2.05, 4.69) is 0 Å². The summed E-state index contributed by atoms with van der Waals surface area (Å²) in [6, 6.07) is 8.37. The number of amides is 1. The molecule has 1 aromatic heterocycles. The largest absolute Gasteiger partial charge is 0.467 e. The second-order valence-corrected chi connectivity index (χ2v) is 7.81. The van der Waals surface area contributed by atoms with Crippen LogP contribution in [0.5, 0.6) is 0 Å². The van der Waals surface area contributed by atoms with E-state index in [9.17, 15) is 17.6 Å². The normalized spacial score (nSPS) is 19.6. The van der Waals surface area contributed by atoms with Crippen LogP contribution in [0.4, 0.5) is 4.39 Å². The molecular formula is C16H16FNO4S. The molecule has 0 radical (unpaired) electrons. The fraction of sp³-hybridized carbons (Fsp3) is 0.312. The van der Waals surface area contributed by atoms with Gasteiger partial charge in [0.15, 0.2) is 9.84 Å². The quantitative estimate of drug-likeness (QED) is 0.858. The molecule has 2 aromatic rings. The highest BCUT2D eigenvalue weighted by Gasteiger charge is 2.35. The molecule has 1 fully saturated rings. The first-order chi connectivity index (χ1) is 10.9. The summed E-state index contributed by atoms with van der Waals surface area (Å²) in [6.45, 7) is 0.155. The lowest BCUT2D eigenvalue weighted by molar-refractivity contribution is 0.0665. The highest BCUT2D eigenvalue weighted by atomic mass is 32.2. The van der Waals surface area contributed by atoms with Gasteiger partial charge in [-0.3, -0.25) is 4.79 Å². The van der Waals surface area contributed by atoms with Gasteiger partial charge in [0, 0.05) is 11.6 Å². The van der Waals surface area contributed by atoms with Crippen LogP contribution in [0.25, 0.3) is 0 Å². The van der Waals surface area contributed by atoms with Gasteiger partial charge in [-0.25, -0.2) is 12.8 Å². The van der Waals surface area contributed by atoms with Crippen molar-refractivity contribution in [3.63, 3.8) is 0 Å². The van der Waals surface area contributed by atoms with E-state index >= 15 is 0 Å². The van der Waals surface area contributed by atoms with E-state index in [1.54, 1.807) is 12.1 Å². The molecule has 0 N–H and O–H groups in total. The van der Waals surface area contributed by atoms with Crippen molar-refractivity contribution in [2.24, 2.45) is 0 Å². The Kier molecular flexibility index (Phi) is 4.21. The smallest absolute Gasteiger partial charge is 0.254 e. The summed E-state index contributed by atoms with van der Waals surface area (Å²) in [6.07, 6.45) is 1.87. The number of sulfone groups is 1. The van der Waals surface area contributed by atoms with Crippen molar-refractivity contribution < 1.29 is 22.0 Å². The molecule has 1 unspecified atom stereocenters. The van der Waals surface area contributed by atoms with Gasteiger partial charge in [0.2, 0.25) is 0 Å². The zero-order chi connectivity index (χ0) is 16.4. The summed E-state index contributed by atoms with van der Waals surface area (Å²) in [5.74, 6) is -0.368. The molecule has 0 bridgehead atoms. The minimum Gasteiger partial charge on any atom is -0.467 e. The first-order valence-corrected chi connectivity index (χ1v) is 9.06. The zero-order valence-electron chi connectivity index (χ0n) is 12.3. The number of benzene rings is 1. The summed E-state index contributed by atoms with van der Waals surface area (Å²) in [5.41, 5.74) is 0.195. The molecule has 5 nitrogen and oxygen atoms in total. The topological polar surface area (TPSA) is 67.6 Å². The SMILES string of the molecule is O=C(c1cccc(F)c1)N(Cc1ccco1)C1CCS(=O)(=O)C1. The molecule has 0 saturated carbocycles. The van der Waals surface area contributed by atoms with Gasteiger partial charge >= 0.3 is 0 Å². The molecule has 122 valence electrons. The molecule has 1 aliphatic rings. The number of hydrogen-bond acceptors (Lipinski definition) is 4. The van der Waals surface area contributed by atoms with E-state index in [4.69, 9.17) is 4.42 Å². The number of furan rings is 1. The molecule has 23 heavy (non-hydrogen) atoms. The van der Waals surface area contributed by atoms with E-state index in [1.807, 2.05) is 0 Å². The maximum absolute atomic E-state index is 13.4. The van der Waals surface area contributed by atoms with Gasteiger partial charge in [0.05, 0.1) is 24.3 Å². The van der Waals surface area contributed by atoms with Crippen molar-refractivity contribution in [2.75, 3.05) is 11.5 Å². The summed E-state index contributed by atoms with van der Waals surface area (Å²) < 4.78 is 42.1. The molecule has 0 aliphatic carbocycles. The lowest BCUT2D eigenvalue weighted by Crippen LogP contribution is -2.40. The Morgan fingerprint density at radius 3 is 2.74 bits per heavy atom. The first kappa shape index (κ1) is 15.7. The van der Waals surface area contributed by atoms with Gasteiger partial charge in [-0.1, -0.05) is 6.07 Å². The molecule has 1 saturated heterocycles. The van der Waals surface area contributed by atoms with Crippen molar-refractivity contribution in [3.8, 4) is 0 Å². The summed E-state index contributed by atoms with van der Waals surface area (Å²) in [5, 5.41) is 0. The highest BCUT2D eigenvalue weighted by Crippen LogP contribution is 2.22. The Labute approximate surface area is 133 Å². The minimum atomic E-state index is -3.14. The number of hydrogen-bond donors (Lipinski definition) is 0. The van der Waals surface area contributed by atoms with Crippen LogP contribution in [0.3, 0.4) is 0 Å². The van der Waals surface area contributed by atoms with Gasteiger partial charge in [-0.05, 0) is 36.8 Å². The molecule has 2 heterocycles. The minimum absolute atomic E-state index is 0.0583. The predicted molar refractivity (Wildman–Crippen MR) is 82.0 cm³/mol. The maximum Gasteiger partial charge on any atom is 0.254 e. The van der Waals surface area contributed by atoms with Crippen molar-refractivity contribution in [1.29, 1.82) is 0 Å². The van der Waals surface area contributed by atoms with Crippen LogP contribution < -0.4 is 0 Å². The lowest BCUT2D eigenvalue weighted by Gasteiger charge is -2.27. The molecule has 0 spiro atoms. The van der Waals surface area contributed by atoms with Crippen molar-refractivity contribution >= 4 is 15.7 Å². The lowest BCUT2D eigenvalue weighted by atomic mass is 10.1. The van der Waals surface area contributed by atoms with Crippen molar-refractivity contribution in [3.05, 3.63) is 59.8 Å². The van der Waals surface area contributed by atoms with Gasteiger partial charge in [0.25, 0.3) is 5.91 Å². The second kappa shape index (κ2) is 6.16. The fourth-order valence-corrected chi connectivity index (χ4v) is 4.48. The van der Waals surface area contributed by atoms with Crippen molar-refractivity contribution in [2.45, 2.75) is 19.0 Å². The van der Waals surface area contributed by atoms with E-state index in [0.717, 1.165) is 6.07 Å². The Bertz CT molecular complexity index is 801. The second-order valence-electron chi connectivity index (χ2n) is 5.58. The fourth-order valence-electron chi connectivity index (χ4n) is 2.75. The Balaban J connectivity index is 1.89. The summed E-state index contributed by atoms with van der Waals surface area (Å²) in [4.78, 5) is 14.2. The number of carbonyl (C=O) groups excluding carboxylic acids is 1. The molecule has 1 aromatic carbocycles. The van der Waals surface area contributed by atoms with E-state index in [-0.39, 0.29) is 23.6 Å². The van der Waals surface area contributed by atoms with Gasteiger partial charge in [0.1, 0.15) is 11.6 Å². The van der Waals surface area contributed by atoms with Crippen LogP contribution >= 0.6 is 0 Å². The third-order valence-electron chi connectivity index (χ3n) is 3.89.